The Kier molecular flexibility index (Phi) is 5.82. The Bertz CT molecular complexity index is 1130. The molecule has 29 heavy (non-hydrogen) atoms. The first-order chi connectivity index (χ1) is 14.2. The first-order valence-electron chi connectivity index (χ1n) is 9.14. The summed E-state index contributed by atoms with van der Waals surface area (Å²) in [6.45, 7) is 2.72. The number of nitrogens with one attached hydrogen (secondary N) is 1. The quantitative estimate of drug-likeness (QED) is 0.496. The standard InChI is InChI=1S/C21H20N4O2S2/c1-3-22-21-25(23-11-14-4-7-16(28-2)8-5-14)18(13-29-21)15-6-9-19-17(10-15)24-20(26)12-27-19/h4-11,13H,3,12H2,1-2H3,(H,24,26). The van der Waals surface area contributed by atoms with Gasteiger partial charge in [-0.2, -0.15) is 5.10 Å². The van der Waals surface area contributed by atoms with E-state index in [9.17, 15) is 4.79 Å². The molecule has 1 amide bonds. The Morgan fingerprint density at radius 3 is 2.86 bits per heavy atom. The molecule has 148 valence electrons. The SMILES string of the molecule is CCN=c1scc(-c2ccc3c(c2)NC(=O)CO3)n1N=Cc1ccc(SC)cc1. The third kappa shape index (κ3) is 4.28. The molecule has 8 heteroatoms. The number of carbonyl (C=O) groups is 1. The van der Waals surface area contributed by atoms with Crippen molar-refractivity contribution < 1.29 is 9.53 Å². The molecule has 0 bridgehead atoms. The first kappa shape index (κ1) is 19.5. The molecule has 0 unspecified atom stereocenters. The molecule has 2 heterocycles. The minimum Gasteiger partial charge on any atom is -0.482 e. The summed E-state index contributed by atoms with van der Waals surface area (Å²) < 4.78 is 7.30. The largest absolute Gasteiger partial charge is 0.482 e. The van der Waals surface area contributed by atoms with Gasteiger partial charge >= 0.3 is 0 Å². The van der Waals surface area contributed by atoms with Crippen molar-refractivity contribution in [3.8, 4) is 17.0 Å². The molecule has 1 aliphatic heterocycles. The molecule has 4 rings (SSSR count). The predicted molar refractivity (Wildman–Crippen MR) is 119 cm³/mol. The number of fused-ring (bicyclic) bond motifs is 1. The predicted octanol–water partition coefficient (Wildman–Crippen LogP) is 4.07. The minimum absolute atomic E-state index is 0.0456. The van der Waals surface area contributed by atoms with E-state index in [-0.39, 0.29) is 12.5 Å². The van der Waals surface area contributed by atoms with Crippen LogP contribution in [0.25, 0.3) is 11.3 Å². The van der Waals surface area contributed by atoms with E-state index in [0.717, 1.165) is 21.6 Å². The fourth-order valence-electron chi connectivity index (χ4n) is 2.91. The lowest BCUT2D eigenvalue weighted by Gasteiger charge is -2.18. The highest BCUT2D eigenvalue weighted by atomic mass is 32.2. The van der Waals surface area contributed by atoms with E-state index in [4.69, 9.17) is 9.84 Å². The third-order valence-electron chi connectivity index (χ3n) is 4.32. The van der Waals surface area contributed by atoms with Gasteiger partial charge in [0, 0.05) is 22.4 Å². The van der Waals surface area contributed by atoms with Crippen LogP contribution < -0.4 is 14.9 Å². The molecule has 0 fully saturated rings. The molecular formula is C21H20N4O2S2. The van der Waals surface area contributed by atoms with E-state index < -0.39 is 0 Å². The second kappa shape index (κ2) is 8.67. The summed E-state index contributed by atoms with van der Waals surface area (Å²) in [5, 5.41) is 9.58. The molecule has 6 nitrogen and oxygen atoms in total. The highest BCUT2D eigenvalue weighted by molar-refractivity contribution is 7.98. The molecule has 0 saturated heterocycles. The maximum Gasteiger partial charge on any atom is 0.262 e. The number of hydrogen-bond acceptors (Lipinski definition) is 6. The van der Waals surface area contributed by atoms with Crippen LogP contribution in [0.15, 0.2) is 62.8 Å². The number of carbonyl (C=O) groups excluding carboxylic acids is 1. The van der Waals surface area contributed by atoms with Crippen molar-refractivity contribution in [1.29, 1.82) is 0 Å². The fourth-order valence-corrected chi connectivity index (χ4v) is 4.22. The second-order valence-electron chi connectivity index (χ2n) is 6.26. The van der Waals surface area contributed by atoms with Gasteiger partial charge in [-0.3, -0.25) is 9.79 Å². The van der Waals surface area contributed by atoms with Crippen LogP contribution >= 0.6 is 23.1 Å². The average molecular weight is 425 g/mol. The molecule has 1 N–H and O–H groups in total. The van der Waals surface area contributed by atoms with Crippen LogP contribution in [0.1, 0.15) is 12.5 Å². The molecule has 1 aliphatic rings. The number of rotatable bonds is 5. The van der Waals surface area contributed by atoms with E-state index in [2.05, 4.69) is 28.7 Å². The van der Waals surface area contributed by atoms with Gasteiger partial charge in [-0.25, -0.2) is 4.68 Å². The highest BCUT2D eigenvalue weighted by Crippen LogP contribution is 2.32. The van der Waals surface area contributed by atoms with E-state index in [1.807, 2.05) is 53.5 Å². The molecule has 2 aromatic carbocycles. The lowest BCUT2D eigenvalue weighted by atomic mass is 10.1. The molecule has 0 radical (unpaired) electrons. The number of benzene rings is 2. The van der Waals surface area contributed by atoms with Gasteiger partial charge in [0.25, 0.3) is 5.91 Å². The van der Waals surface area contributed by atoms with Crippen molar-refractivity contribution in [1.82, 2.24) is 4.68 Å². The van der Waals surface area contributed by atoms with Crippen LogP contribution in [-0.4, -0.2) is 36.2 Å². The van der Waals surface area contributed by atoms with Crippen LogP contribution in [0.5, 0.6) is 5.75 Å². The van der Waals surface area contributed by atoms with E-state index >= 15 is 0 Å². The van der Waals surface area contributed by atoms with Crippen molar-refractivity contribution in [2.24, 2.45) is 10.1 Å². The van der Waals surface area contributed by atoms with Crippen molar-refractivity contribution in [2.45, 2.75) is 11.8 Å². The zero-order valence-corrected chi connectivity index (χ0v) is 17.7. The van der Waals surface area contributed by atoms with E-state index in [1.165, 1.54) is 16.2 Å². The number of amides is 1. The molecular weight excluding hydrogens is 404 g/mol. The van der Waals surface area contributed by atoms with E-state index in [1.54, 1.807) is 11.8 Å². The van der Waals surface area contributed by atoms with Crippen LogP contribution in [0.4, 0.5) is 5.69 Å². The second-order valence-corrected chi connectivity index (χ2v) is 7.97. The van der Waals surface area contributed by atoms with Gasteiger partial charge in [-0.1, -0.05) is 12.1 Å². The van der Waals surface area contributed by atoms with Crippen LogP contribution in [0.3, 0.4) is 0 Å². The van der Waals surface area contributed by atoms with Gasteiger partial charge < -0.3 is 10.1 Å². The smallest absolute Gasteiger partial charge is 0.262 e. The van der Waals surface area contributed by atoms with E-state index in [0.29, 0.717) is 18.0 Å². The molecule has 0 saturated carbocycles. The molecule has 3 aromatic rings. The topological polar surface area (TPSA) is 68.0 Å². The summed E-state index contributed by atoms with van der Waals surface area (Å²) in [6, 6.07) is 14.0. The third-order valence-corrected chi connectivity index (χ3v) is 5.92. The van der Waals surface area contributed by atoms with Gasteiger partial charge in [-0.05, 0) is 49.1 Å². The van der Waals surface area contributed by atoms with Crippen molar-refractivity contribution in [2.75, 3.05) is 24.7 Å². The van der Waals surface area contributed by atoms with Gasteiger partial charge in [0.1, 0.15) is 5.75 Å². The zero-order valence-electron chi connectivity index (χ0n) is 16.1. The molecule has 0 spiro atoms. The summed E-state index contributed by atoms with van der Waals surface area (Å²) in [5.41, 5.74) is 3.52. The van der Waals surface area contributed by atoms with Gasteiger partial charge in [0.2, 0.25) is 4.80 Å². The average Bonchev–Trinajstić information content (AvgIpc) is 3.15. The van der Waals surface area contributed by atoms with Crippen LogP contribution in [-0.2, 0) is 4.79 Å². The van der Waals surface area contributed by atoms with Crippen LogP contribution in [0, 0.1) is 0 Å². The normalized spacial score (nSPS) is 14.0. The van der Waals surface area contributed by atoms with Crippen molar-refractivity contribution in [3.05, 3.63) is 58.2 Å². The zero-order chi connectivity index (χ0) is 20.2. The molecule has 1 aromatic heterocycles. The Labute approximate surface area is 177 Å². The minimum atomic E-state index is -0.152. The summed E-state index contributed by atoms with van der Waals surface area (Å²) in [4.78, 5) is 18.2. The Balaban J connectivity index is 1.73. The Morgan fingerprint density at radius 1 is 1.28 bits per heavy atom. The number of thioether (sulfide) groups is 1. The summed E-state index contributed by atoms with van der Waals surface area (Å²) >= 11 is 3.25. The summed E-state index contributed by atoms with van der Waals surface area (Å²) in [6.07, 6.45) is 3.89. The number of hydrogen-bond donors (Lipinski definition) is 1. The maximum absolute atomic E-state index is 11.7. The lowest BCUT2D eigenvalue weighted by molar-refractivity contribution is -0.118. The highest BCUT2D eigenvalue weighted by Gasteiger charge is 2.17. The Morgan fingerprint density at radius 2 is 2.10 bits per heavy atom. The monoisotopic (exact) mass is 424 g/mol. The fraction of sp³-hybridized carbons (Fsp3) is 0.190. The Hall–Kier alpha value is -2.84. The summed E-state index contributed by atoms with van der Waals surface area (Å²) in [5.74, 6) is 0.521. The number of ether oxygens (including phenoxy) is 1. The van der Waals surface area contributed by atoms with Gasteiger partial charge in [-0.15, -0.1) is 23.1 Å². The number of nitrogens with zero attached hydrogens (tertiary/aromatic N) is 3. The number of aromatic nitrogens is 1. The van der Waals surface area contributed by atoms with Crippen molar-refractivity contribution in [3.63, 3.8) is 0 Å². The van der Waals surface area contributed by atoms with Gasteiger partial charge in [0.05, 0.1) is 17.6 Å². The molecule has 0 aliphatic carbocycles. The maximum atomic E-state index is 11.7. The van der Waals surface area contributed by atoms with Crippen LogP contribution in [0.2, 0.25) is 0 Å². The van der Waals surface area contributed by atoms with Gasteiger partial charge in [0.15, 0.2) is 6.61 Å². The molecule has 0 atom stereocenters. The first-order valence-corrected chi connectivity index (χ1v) is 11.2. The number of anilines is 1. The summed E-state index contributed by atoms with van der Waals surface area (Å²) in [7, 11) is 0. The lowest BCUT2D eigenvalue weighted by Crippen LogP contribution is -2.25. The number of thiazole rings is 1. The van der Waals surface area contributed by atoms with Crippen molar-refractivity contribution >= 4 is 40.9 Å².